The van der Waals surface area contributed by atoms with E-state index >= 15 is 0 Å². The zero-order chi connectivity index (χ0) is 20.4. The number of rotatable bonds is 5. The number of ether oxygens (including phenoxy) is 2. The number of amides is 1. The Hall–Kier alpha value is -0.390. The topological polar surface area (TPSA) is 120 Å². The molecule has 3 heterocycles. The van der Waals surface area contributed by atoms with Crippen molar-refractivity contribution in [3.8, 4) is 0 Å². The van der Waals surface area contributed by atoms with E-state index in [1.807, 2.05) is 6.08 Å². The normalized spacial score (nSPS) is 43.1. The number of thioether (sulfide) groups is 1. The highest BCUT2D eigenvalue weighted by Gasteiger charge is 2.49. The molecule has 5 N–H and O–H groups in total. The summed E-state index contributed by atoms with van der Waals surface area (Å²) >= 11 is 7.53. The number of allylic oxidation sites excluding steroid dienone is 1. The Bertz CT molecular complexity index is 580. The highest BCUT2D eigenvalue weighted by molar-refractivity contribution is 7.99. The number of aliphatic hydroxyl groups excluding tert-OH is 3. The molecule has 3 aliphatic rings. The molecule has 10 heteroatoms. The molecule has 0 spiro atoms. The van der Waals surface area contributed by atoms with Crippen molar-refractivity contribution < 1.29 is 29.6 Å². The average Bonchev–Trinajstić information content (AvgIpc) is 2.93. The lowest BCUT2D eigenvalue weighted by Crippen LogP contribution is -2.65. The number of aliphatic hydroxyl groups is 3. The predicted molar refractivity (Wildman–Crippen MR) is 106 cm³/mol. The second kappa shape index (κ2) is 9.61. The number of nitrogens with one attached hydrogen (secondary N) is 2. The van der Waals surface area contributed by atoms with Gasteiger partial charge < -0.3 is 35.4 Å². The highest BCUT2D eigenvalue weighted by atomic mass is 35.5. The maximum Gasteiger partial charge on any atom is 0.240 e. The van der Waals surface area contributed by atoms with Gasteiger partial charge in [-0.25, -0.2) is 0 Å². The van der Waals surface area contributed by atoms with Crippen LogP contribution in [0.4, 0.5) is 0 Å². The van der Waals surface area contributed by atoms with Crippen molar-refractivity contribution in [1.82, 2.24) is 10.6 Å². The van der Waals surface area contributed by atoms with E-state index in [0.717, 1.165) is 6.42 Å². The summed E-state index contributed by atoms with van der Waals surface area (Å²) < 4.78 is 11.6. The van der Waals surface area contributed by atoms with Gasteiger partial charge in [0, 0.05) is 12.5 Å². The van der Waals surface area contributed by atoms with Crippen LogP contribution in [0.5, 0.6) is 0 Å². The van der Waals surface area contributed by atoms with E-state index in [9.17, 15) is 20.1 Å². The Balaban J connectivity index is 1.71. The van der Waals surface area contributed by atoms with E-state index in [2.05, 4.69) is 16.7 Å². The van der Waals surface area contributed by atoms with Crippen molar-refractivity contribution in [3.63, 3.8) is 0 Å². The third-order valence-corrected chi connectivity index (χ3v) is 6.79. The number of fused-ring (bicyclic) bond motifs is 1. The lowest BCUT2D eigenvalue weighted by molar-refractivity contribution is -0.205. The number of hydrogen-bond donors (Lipinski definition) is 5. The predicted octanol–water partition coefficient (Wildman–Crippen LogP) is -0.798. The van der Waals surface area contributed by atoms with Gasteiger partial charge in [-0.3, -0.25) is 4.79 Å². The fourth-order valence-electron chi connectivity index (χ4n) is 4.06. The molecule has 0 aromatic rings. The summed E-state index contributed by atoms with van der Waals surface area (Å²) in [4.78, 5) is 13.0. The van der Waals surface area contributed by atoms with Gasteiger partial charge in [-0.1, -0.05) is 12.2 Å². The minimum absolute atomic E-state index is 0.218. The number of halogens is 1. The quantitative estimate of drug-likeness (QED) is 0.281. The minimum Gasteiger partial charge on any atom is -0.388 e. The average molecular weight is 437 g/mol. The van der Waals surface area contributed by atoms with Crippen molar-refractivity contribution in [1.29, 1.82) is 0 Å². The second-order valence-electron chi connectivity index (χ2n) is 7.54. The maximum absolute atomic E-state index is 13.0. The molecule has 0 bridgehead atoms. The molecule has 3 rings (SSSR count). The van der Waals surface area contributed by atoms with Crippen molar-refractivity contribution in [2.45, 2.75) is 66.8 Å². The van der Waals surface area contributed by atoms with Gasteiger partial charge in [0.05, 0.1) is 24.1 Å². The molecule has 1 amide bonds. The first-order valence-electron chi connectivity index (χ1n) is 9.52. The van der Waals surface area contributed by atoms with Gasteiger partial charge in [0.15, 0.2) is 0 Å². The zero-order valence-electron chi connectivity index (χ0n) is 15.9. The van der Waals surface area contributed by atoms with Crippen molar-refractivity contribution >= 4 is 29.3 Å². The third kappa shape index (κ3) is 4.52. The van der Waals surface area contributed by atoms with Crippen LogP contribution in [-0.2, 0) is 14.3 Å². The summed E-state index contributed by atoms with van der Waals surface area (Å²) in [6, 6.07) is -1.29. The van der Waals surface area contributed by atoms with Gasteiger partial charge >= 0.3 is 0 Å². The summed E-state index contributed by atoms with van der Waals surface area (Å²) in [5.74, 6) is -0.0697. The van der Waals surface area contributed by atoms with Crippen LogP contribution < -0.4 is 10.6 Å². The molecule has 0 aromatic carbocycles. The van der Waals surface area contributed by atoms with Crippen LogP contribution in [0, 0.1) is 5.92 Å². The van der Waals surface area contributed by atoms with Crippen LogP contribution in [0.15, 0.2) is 12.2 Å². The first-order chi connectivity index (χ1) is 13.3. The molecule has 0 radical (unpaired) electrons. The third-order valence-electron chi connectivity index (χ3n) is 5.66. The zero-order valence-corrected chi connectivity index (χ0v) is 17.5. The van der Waals surface area contributed by atoms with E-state index < -0.39 is 47.3 Å². The van der Waals surface area contributed by atoms with E-state index in [1.165, 1.54) is 11.8 Å². The molecule has 160 valence electrons. The molecule has 8 nitrogen and oxygen atoms in total. The Morgan fingerprint density at radius 3 is 2.71 bits per heavy atom. The van der Waals surface area contributed by atoms with E-state index in [4.69, 9.17) is 21.1 Å². The fraction of sp³-hybridized carbons (Fsp3) is 0.833. The minimum atomic E-state index is -1.39. The highest BCUT2D eigenvalue weighted by Crippen LogP contribution is 2.31. The monoisotopic (exact) mass is 436 g/mol. The number of alkyl halides is 1. The Morgan fingerprint density at radius 2 is 2.04 bits per heavy atom. The van der Waals surface area contributed by atoms with Crippen LogP contribution in [0.1, 0.15) is 13.3 Å². The number of carbonyl (C=O) groups excluding carboxylic acids is 1. The van der Waals surface area contributed by atoms with Gasteiger partial charge in [-0.2, -0.15) is 0 Å². The smallest absolute Gasteiger partial charge is 0.240 e. The molecule has 2 fully saturated rings. The summed E-state index contributed by atoms with van der Waals surface area (Å²) in [6.07, 6.45) is 1.39. The largest absolute Gasteiger partial charge is 0.388 e. The van der Waals surface area contributed by atoms with Crippen LogP contribution >= 0.6 is 23.4 Å². The van der Waals surface area contributed by atoms with Crippen LogP contribution in [0.3, 0.4) is 0 Å². The Labute approximate surface area is 174 Å². The second-order valence-corrected chi connectivity index (χ2v) is 9.16. The van der Waals surface area contributed by atoms with Crippen LogP contribution in [-0.4, -0.2) is 94.1 Å². The van der Waals surface area contributed by atoms with Gasteiger partial charge in [-0.15, -0.1) is 23.4 Å². The lowest BCUT2D eigenvalue weighted by atomic mass is 9.92. The van der Waals surface area contributed by atoms with Crippen molar-refractivity contribution in [3.05, 3.63) is 12.2 Å². The van der Waals surface area contributed by atoms with Crippen molar-refractivity contribution in [2.75, 3.05) is 19.4 Å². The first kappa shape index (κ1) is 22.3. The van der Waals surface area contributed by atoms with Gasteiger partial charge in [0.2, 0.25) is 5.91 Å². The molecular weight excluding hydrogens is 408 g/mol. The molecular formula is C18H29ClN2O6S. The summed E-state index contributed by atoms with van der Waals surface area (Å²) in [5, 5.41) is 36.2. The molecule has 0 aliphatic carbocycles. The summed E-state index contributed by atoms with van der Waals surface area (Å²) in [6.45, 7) is 2.83. The van der Waals surface area contributed by atoms with Crippen molar-refractivity contribution in [2.24, 2.45) is 5.92 Å². The van der Waals surface area contributed by atoms with Gasteiger partial charge in [0.1, 0.15) is 35.9 Å². The standard InChI is InChI=1S/C18H29ClN2O6S/c1-8(19)10(16-13(23)12(22)14(24)18(27-16)28-2)21-17(25)11-15-9(7-20-11)5-3-4-6-26-15/h3-4,8-16,18,20,22-24H,5-7H2,1-2H3,(H,21,25)/t8-,9-,10+,11-,12+,13?,14+,15+,16+,18?/m0/s1. The molecule has 3 aliphatic heterocycles. The van der Waals surface area contributed by atoms with Crippen LogP contribution in [0.25, 0.3) is 0 Å². The van der Waals surface area contributed by atoms with E-state index in [1.54, 1.807) is 13.2 Å². The molecule has 0 saturated carbocycles. The molecule has 28 heavy (non-hydrogen) atoms. The summed E-state index contributed by atoms with van der Waals surface area (Å²) in [7, 11) is 0. The molecule has 0 aromatic heterocycles. The lowest BCUT2D eigenvalue weighted by Gasteiger charge is -2.44. The maximum atomic E-state index is 13.0. The number of carbonyl (C=O) groups is 1. The Morgan fingerprint density at radius 1 is 1.29 bits per heavy atom. The van der Waals surface area contributed by atoms with Crippen LogP contribution in [0.2, 0.25) is 0 Å². The fourth-order valence-corrected chi connectivity index (χ4v) is 4.94. The number of hydrogen-bond acceptors (Lipinski definition) is 8. The molecule has 10 atom stereocenters. The Kier molecular flexibility index (Phi) is 7.66. The molecule has 2 unspecified atom stereocenters. The first-order valence-corrected chi connectivity index (χ1v) is 11.2. The SMILES string of the molecule is CSC1O[C@H]([C@H](NC(=O)[C@H]2NC[C@@H]3CC=CCO[C@H]32)[C@H](C)Cl)C(O)[C@@H](O)[C@H]1O. The summed E-state index contributed by atoms with van der Waals surface area (Å²) in [5.41, 5.74) is -0.733. The molecule has 2 saturated heterocycles. The van der Waals surface area contributed by atoms with Gasteiger partial charge in [0.25, 0.3) is 0 Å². The van der Waals surface area contributed by atoms with Gasteiger partial charge in [-0.05, 0) is 19.6 Å². The van der Waals surface area contributed by atoms with E-state index in [0.29, 0.717) is 13.2 Å². The van der Waals surface area contributed by atoms with E-state index in [-0.39, 0.29) is 17.9 Å².